The van der Waals surface area contributed by atoms with Crippen LogP contribution in [-0.4, -0.2) is 78.1 Å². The van der Waals surface area contributed by atoms with Crippen molar-refractivity contribution in [2.45, 2.75) is 13.0 Å². The maximum Gasteiger partial charge on any atom is 0.264 e. The normalized spacial score (nSPS) is 22.6. The molecule has 0 aliphatic carbocycles. The first kappa shape index (κ1) is 15.2. The van der Waals surface area contributed by atoms with Crippen molar-refractivity contribution in [3.63, 3.8) is 0 Å². The molecule has 7 heteroatoms. The maximum atomic E-state index is 12.6. The molecule has 0 N–H and O–H groups in total. The minimum absolute atomic E-state index is 0.0297. The highest BCUT2D eigenvalue weighted by Crippen LogP contribution is 2.22. The van der Waals surface area contributed by atoms with Gasteiger partial charge >= 0.3 is 0 Å². The summed E-state index contributed by atoms with van der Waals surface area (Å²) in [5.41, 5.74) is 0. The number of piperazine rings is 2. The number of rotatable bonds is 2. The fraction of sp³-hybridized carbons (Fsp3) is 0.533. The monoisotopic (exact) mass is 321 g/mol. The molecule has 3 rings (SSSR count). The number of carbonyl (C=O) groups is 3. The molecule has 0 saturated carbocycles. The minimum atomic E-state index is -0.233. The molecule has 22 heavy (non-hydrogen) atoms. The number of thiophene rings is 1. The Morgan fingerprint density at radius 1 is 1.14 bits per heavy atom. The van der Waals surface area contributed by atoms with E-state index in [9.17, 15) is 14.4 Å². The van der Waals surface area contributed by atoms with E-state index in [1.54, 1.807) is 29.0 Å². The van der Waals surface area contributed by atoms with Crippen molar-refractivity contribution < 1.29 is 14.4 Å². The first-order valence-corrected chi connectivity index (χ1v) is 8.18. The smallest absolute Gasteiger partial charge is 0.264 e. The summed E-state index contributed by atoms with van der Waals surface area (Å²) < 4.78 is 0. The SMILES string of the molecule is CC(=O)c1ccc(C(=O)N2CCN3CCN(C)C(=O)C3C2)s1. The van der Waals surface area contributed by atoms with E-state index < -0.39 is 0 Å². The van der Waals surface area contributed by atoms with E-state index in [2.05, 4.69) is 4.90 Å². The molecule has 0 bridgehead atoms. The van der Waals surface area contributed by atoms with E-state index in [1.165, 1.54) is 18.3 Å². The second-order valence-electron chi connectivity index (χ2n) is 5.78. The number of amides is 2. The quantitative estimate of drug-likeness (QED) is 0.747. The average molecular weight is 321 g/mol. The van der Waals surface area contributed by atoms with Crippen LogP contribution in [0, 0.1) is 0 Å². The van der Waals surface area contributed by atoms with E-state index in [4.69, 9.17) is 0 Å². The van der Waals surface area contributed by atoms with E-state index in [-0.39, 0.29) is 23.6 Å². The van der Waals surface area contributed by atoms with Crippen LogP contribution < -0.4 is 0 Å². The molecule has 2 amide bonds. The van der Waals surface area contributed by atoms with E-state index in [0.717, 1.165) is 19.6 Å². The molecule has 118 valence electrons. The molecule has 2 aliphatic rings. The highest BCUT2D eigenvalue weighted by molar-refractivity contribution is 7.15. The fourth-order valence-electron chi connectivity index (χ4n) is 2.95. The number of nitrogens with zero attached hydrogens (tertiary/aromatic N) is 3. The third-order valence-corrected chi connectivity index (χ3v) is 5.50. The van der Waals surface area contributed by atoms with Crippen molar-refractivity contribution >= 4 is 28.9 Å². The second kappa shape index (κ2) is 5.81. The Bertz CT molecular complexity index is 627. The van der Waals surface area contributed by atoms with Gasteiger partial charge in [0, 0.05) is 39.8 Å². The number of fused-ring (bicyclic) bond motifs is 1. The Hall–Kier alpha value is -1.73. The number of hydrogen-bond acceptors (Lipinski definition) is 5. The van der Waals surface area contributed by atoms with Crippen molar-refractivity contribution in [3.8, 4) is 0 Å². The van der Waals surface area contributed by atoms with Crippen LogP contribution in [0.15, 0.2) is 12.1 Å². The first-order chi connectivity index (χ1) is 10.5. The summed E-state index contributed by atoms with van der Waals surface area (Å²) >= 11 is 1.22. The first-order valence-electron chi connectivity index (χ1n) is 7.36. The highest BCUT2D eigenvalue weighted by Gasteiger charge is 2.38. The Kier molecular flexibility index (Phi) is 4.01. The molecule has 1 aromatic rings. The van der Waals surface area contributed by atoms with Gasteiger partial charge < -0.3 is 9.80 Å². The molecular formula is C15H19N3O3S. The van der Waals surface area contributed by atoms with E-state index >= 15 is 0 Å². The lowest BCUT2D eigenvalue weighted by atomic mass is 10.1. The molecule has 1 aromatic heterocycles. The highest BCUT2D eigenvalue weighted by atomic mass is 32.1. The number of ketones is 1. The summed E-state index contributed by atoms with van der Waals surface area (Å²) in [7, 11) is 1.80. The van der Waals surface area contributed by atoms with Gasteiger partial charge in [-0.3, -0.25) is 19.3 Å². The predicted molar refractivity (Wildman–Crippen MR) is 83.2 cm³/mol. The summed E-state index contributed by atoms with van der Waals surface area (Å²) in [6.45, 7) is 4.88. The zero-order valence-corrected chi connectivity index (χ0v) is 13.6. The van der Waals surface area contributed by atoms with Gasteiger partial charge in [0.05, 0.1) is 9.75 Å². The molecule has 6 nitrogen and oxygen atoms in total. The van der Waals surface area contributed by atoms with Gasteiger partial charge in [-0.2, -0.15) is 0 Å². The zero-order valence-electron chi connectivity index (χ0n) is 12.7. The summed E-state index contributed by atoms with van der Waals surface area (Å²) in [4.78, 5) is 43.0. The van der Waals surface area contributed by atoms with Crippen LogP contribution in [0.1, 0.15) is 26.3 Å². The van der Waals surface area contributed by atoms with Crippen molar-refractivity contribution in [2.75, 3.05) is 39.8 Å². The zero-order chi connectivity index (χ0) is 15.9. The van der Waals surface area contributed by atoms with Gasteiger partial charge in [-0.05, 0) is 19.1 Å². The average Bonchev–Trinajstić information content (AvgIpc) is 3.00. The van der Waals surface area contributed by atoms with Crippen LogP contribution in [-0.2, 0) is 4.79 Å². The molecule has 2 fully saturated rings. The van der Waals surface area contributed by atoms with Crippen molar-refractivity contribution in [2.24, 2.45) is 0 Å². The molecule has 2 saturated heterocycles. The van der Waals surface area contributed by atoms with Crippen molar-refractivity contribution in [1.29, 1.82) is 0 Å². The van der Waals surface area contributed by atoms with E-state index in [1.807, 2.05) is 0 Å². The van der Waals surface area contributed by atoms with Gasteiger partial charge in [0.25, 0.3) is 5.91 Å². The second-order valence-corrected chi connectivity index (χ2v) is 6.87. The van der Waals surface area contributed by atoms with Gasteiger partial charge in [0.15, 0.2) is 5.78 Å². The Labute approximate surface area is 133 Å². The van der Waals surface area contributed by atoms with Gasteiger partial charge in [-0.15, -0.1) is 11.3 Å². The molecule has 1 unspecified atom stereocenters. The largest absolute Gasteiger partial charge is 0.343 e. The lowest BCUT2D eigenvalue weighted by Crippen LogP contribution is -2.64. The van der Waals surface area contributed by atoms with Crippen LogP contribution in [0.3, 0.4) is 0 Å². The van der Waals surface area contributed by atoms with Crippen LogP contribution >= 0.6 is 11.3 Å². The Morgan fingerprint density at radius 2 is 1.82 bits per heavy atom. The third-order valence-electron chi connectivity index (χ3n) is 4.33. The van der Waals surface area contributed by atoms with Crippen LogP contribution in [0.5, 0.6) is 0 Å². The molecule has 1 atom stereocenters. The van der Waals surface area contributed by atoms with Crippen LogP contribution in [0.2, 0.25) is 0 Å². The number of likely N-dealkylation sites (N-methyl/N-ethyl adjacent to an activating group) is 1. The third kappa shape index (κ3) is 2.66. The Morgan fingerprint density at radius 3 is 2.50 bits per heavy atom. The lowest BCUT2D eigenvalue weighted by Gasteiger charge is -2.45. The number of hydrogen-bond donors (Lipinski definition) is 0. The standard InChI is InChI=1S/C15H19N3O3S/c1-10(19)12-3-4-13(22-12)15(21)18-8-7-17-6-5-16(2)14(20)11(17)9-18/h3-4,11H,5-9H2,1-2H3. The van der Waals surface area contributed by atoms with Gasteiger partial charge in [-0.25, -0.2) is 0 Å². The summed E-state index contributed by atoms with van der Waals surface area (Å²) in [5, 5.41) is 0. The van der Waals surface area contributed by atoms with Gasteiger partial charge in [0.1, 0.15) is 6.04 Å². The number of carbonyl (C=O) groups excluding carboxylic acids is 3. The lowest BCUT2D eigenvalue weighted by molar-refractivity contribution is -0.142. The molecule has 0 aromatic carbocycles. The summed E-state index contributed by atoms with van der Waals surface area (Å²) in [6.07, 6.45) is 0. The van der Waals surface area contributed by atoms with Gasteiger partial charge in [-0.1, -0.05) is 0 Å². The van der Waals surface area contributed by atoms with E-state index in [0.29, 0.717) is 22.8 Å². The fourth-order valence-corrected chi connectivity index (χ4v) is 3.82. The molecule has 2 aliphatic heterocycles. The number of Topliss-reactive ketones (excluding diaryl/α,β-unsaturated/α-hetero) is 1. The molecular weight excluding hydrogens is 302 g/mol. The van der Waals surface area contributed by atoms with Crippen LogP contribution in [0.25, 0.3) is 0 Å². The molecule has 0 radical (unpaired) electrons. The summed E-state index contributed by atoms with van der Waals surface area (Å²) in [5.74, 6) is -0.0320. The topological polar surface area (TPSA) is 60.9 Å². The predicted octanol–water partition coefficient (Wildman–Crippen LogP) is 0.549. The molecule has 0 spiro atoms. The van der Waals surface area contributed by atoms with Crippen molar-refractivity contribution in [1.82, 2.24) is 14.7 Å². The minimum Gasteiger partial charge on any atom is -0.343 e. The van der Waals surface area contributed by atoms with Crippen molar-refractivity contribution in [3.05, 3.63) is 21.9 Å². The molecule has 3 heterocycles. The summed E-state index contributed by atoms with van der Waals surface area (Å²) in [6, 6.07) is 3.16. The maximum absolute atomic E-state index is 12.6. The Balaban J connectivity index is 1.73. The van der Waals surface area contributed by atoms with Gasteiger partial charge in [0.2, 0.25) is 5.91 Å². The van der Waals surface area contributed by atoms with Crippen LogP contribution in [0.4, 0.5) is 0 Å².